The van der Waals surface area contributed by atoms with Gasteiger partial charge in [-0.25, -0.2) is 0 Å². The van der Waals surface area contributed by atoms with Crippen LogP contribution in [-0.4, -0.2) is 87.5 Å². The van der Waals surface area contributed by atoms with Gasteiger partial charge >= 0.3 is 0 Å². The minimum Gasteiger partial charge on any atom is -0.394 e. The van der Waals surface area contributed by atoms with Crippen molar-refractivity contribution in [1.29, 1.82) is 0 Å². The summed E-state index contributed by atoms with van der Waals surface area (Å²) in [4.78, 5) is 13.1. The fourth-order valence-corrected chi connectivity index (χ4v) is 12.0. The van der Waals surface area contributed by atoms with E-state index in [1.165, 1.54) is 321 Å². The van der Waals surface area contributed by atoms with Crippen LogP contribution in [0, 0.1) is 0 Å². The average molecular weight is 1130 g/mol. The molecule has 0 aromatic heterocycles. The molecule has 0 bridgehead atoms. The van der Waals surface area contributed by atoms with Crippen LogP contribution in [-0.2, 0) is 14.3 Å². The number of hydrogen-bond donors (Lipinski definition) is 6. The lowest BCUT2D eigenvalue weighted by molar-refractivity contribution is -0.302. The van der Waals surface area contributed by atoms with E-state index in [1.807, 2.05) is 6.08 Å². The van der Waals surface area contributed by atoms with E-state index in [9.17, 15) is 30.3 Å². The van der Waals surface area contributed by atoms with Crippen LogP contribution in [0.5, 0.6) is 0 Å². The van der Waals surface area contributed by atoms with Crippen molar-refractivity contribution in [2.75, 3.05) is 13.2 Å². The Bertz CT molecular complexity index is 1270. The lowest BCUT2D eigenvalue weighted by Crippen LogP contribution is -2.60. The number of allylic oxidation sites excluding steroid dienone is 1. The summed E-state index contributed by atoms with van der Waals surface area (Å²) in [5, 5.41) is 54.6. The molecule has 9 heteroatoms. The molecular weight excluding hydrogens is 995 g/mol. The molecule has 476 valence electrons. The summed E-state index contributed by atoms with van der Waals surface area (Å²) >= 11 is 0. The van der Waals surface area contributed by atoms with Gasteiger partial charge < -0.3 is 40.3 Å². The first-order valence-electron chi connectivity index (χ1n) is 35.9. The fraction of sp³-hybridized carbons (Fsp3) is 0.958. The van der Waals surface area contributed by atoms with Crippen molar-refractivity contribution in [2.24, 2.45) is 0 Å². The zero-order valence-corrected chi connectivity index (χ0v) is 53.4. The number of ether oxygens (including phenoxy) is 2. The Hall–Kier alpha value is -1.07. The van der Waals surface area contributed by atoms with Gasteiger partial charge in [0.25, 0.3) is 0 Å². The van der Waals surface area contributed by atoms with Crippen molar-refractivity contribution in [2.45, 2.75) is 423 Å². The van der Waals surface area contributed by atoms with Gasteiger partial charge in [-0.1, -0.05) is 366 Å². The highest BCUT2D eigenvalue weighted by Crippen LogP contribution is 2.24. The van der Waals surface area contributed by atoms with Gasteiger partial charge in [-0.3, -0.25) is 4.79 Å². The van der Waals surface area contributed by atoms with E-state index in [2.05, 4.69) is 19.2 Å². The number of aliphatic hydroxyl groups is 5. The van der Waals surface area contributed by atoms with Gasteiger partial charge in [-0.2, -0.15) is 0 Å². The number of carbonyl (C=O) groups is 1. The number of unbranched alkanes of at least 4 members (excludes halogenated alkanes) is 54. The van der Waals surface area contributed by atoms with Crippen molar-refractivity contribution in [3.8, 4) is 0 Å². The molecular formula is C71H139NO8. The first kappa shape index (κ1) is 76.9. The lowest BCUT2D eigenvalue weighted by Gasteiger charge is -2.40. The maximum absolute atomic E-state index is 13.1. The van der Waals surface area contributed by atoms with Gasteiger partial charge in [0.15, 0.2) is 6.29 Å². The van der Waals surface area contributed by atoms with E-state index in [1.54, 1.807) is 6.08 Å². The van der Waals surface area contributed by atoms with Crippen LogP contribution in [0.2, 0.25) is 0 Å². The number of carbonyl (C=O) groups excluding carboxylic acids is 1. The SMILES string of the molecule is CCCCCCCCCCCCCCCC/C=C/C(O)C(COC1OC(CO)C(O)C(O)C1O)NC(=O)CCCCCCCCCCCCCCCCCCCCCCCCCCCCCCCCCCCCCCCCCCC. The van der Waals surface area contributed by atoms with Crippen LogP contribution in [0.3, 0.4) is 0 Å². The molecule has 1 saturated heterocycles. The minimum atomic E-state index is -1.56. The Morgan fingerprint density at radius 1 is 0.412 bits per heavy atom. The minimum absolute atomic E-state index is 0.168. The maximum atomic E-state index is 13.1. The molecule has 80 heavy (non-hydrogen) atoms. The summed E-state index contributed by atoms with van der Waals surface area (Å²) in [6, 6.07) is -0.801. The Labute approximate surface area is 496 Å². The highest BCUT2D eigenvalue weighted by Gasteiger charge is 2.44. The number of amides is 1. The summed E-state index contributed by atoms with van der Waals surface area (Å²) in [6.07, 6.45) is 72.1. The fourth-order valence-electron chi connectivity index (χ4n) is 12.0. The number of rotatable bonds is 64. The monoisotopic (exact) mass is 1130 g/mol. The molecule has 1 fully saturated rings. The molecule has 1 rings (SSSR count). The summed E-state index contributed by atoms with van der Waals surface area (Å²) in [6.45, 7) is 3.83. The van der Waals surface area contributed by atoms with Gasteiger partial charge in [-0.05, 0) is 19.3 Å². The van der Waals surface area contributed by atoms with Crippen LogP contribution in [0.15, 0.2) is 12.2 Å². The summed E-state index contributed by atoms with van der Waals surface area (Å²) in [5.74, 6) is -0.168. The Morgan fingerprint density at radius 2 is 0.688 bits per heavy atom. The van der Waals surface area contributed by atoms with Crippen LogP contribution >= 0.6 is 0 Å². The first-order valence-corrected chi connectivity index (χ1v) is 35.9. The highest BCUT2D eigenvalue weighted by molar-refractivity contribution is 5.76. The molecule has 0 aliphatic carbocycles. The van der Waals surface area contributed by atoms with Crippen LogP contribution in [0.25, 0.3) is 0 Å². The van der Waals surface area contributed by atoms with Gasteiger partial charge in [0, 0.05) is 6.42 Å². The van der Waals surface area contributed by atoms with E-state index < -0.39 is 49.5 Å². The molecule has 7 atom stereocenters. The van der Waals surface area contributed by atoms with Crippen molar-refractivity contribution in [3.05, 3.63) is 12.2 Å². The van der Waals surface area contributed by atoms with Crippen LogP contribution in [0.4, 0.5) is 0 Å². The van der Waals surface area contributed by atoms with Crippen molar-refractivity contribution >= 4 is 5.91 Å². The Balaban J connectivity index is 2.00. The van der Waals surface area contributed by atoms with Gasteiger partial charge in [0.05, 0.1) is 25.4 Å². The second-order valence-corrected chi connectivity index (χ2v) is 25.4. The highest BCUT2D eigenvalue weighted by atomic mass is 16.7. The zero-order valence-electron chi connectivity index (χ0n) is 53.4. The molecule has 9 nitrogen and oxygen atoms in total. The third kappa shape index (κ3) is 49.2. The van der Waals surface area contributed by atoms with Gasteiger partial charge in [-0.15, -0.1) is 0 Å². The molecule has 0 saturated carbocycles. The number of aliphatic hydroxyl groups excluding tert-OH is 5. The molecule has 0 aromatic rings. The molecule has 7 unspecified atom stereocenters. The summed E-state index contributed by atoms with van der Waals surface area (Å²) < 4.78 is 11.3. The molecule has 0 spiro atoms. The smallest absolute Gasteiger partial charge is 0.220 e. The van der Waals surface area contributed by atoms with Crippen molar-refractivity contribution < 1.29 is 39.8 Å². The number of hydrogen-bond acceptors (Lipinski definition) is 8. The molecule has 1 amide bonds. The van der Waals surface area contributed by atoms with Gasteiger partial charge in [0.1, 0.15) is 24.4 Å². The lowest BCUT2D eigenvalue weighted by atomic mass is 9.99. The van der Waals surface area contributed by atoms with Crippen LogP contribution < -0.4 is 5.32 Å². The predicted octanol–water partition coefficient (Wildman–Crippen LogP) is 19.5. The Kier molecular flexibility index (Phi) is 58.7. The quantitative estimate of drug-likeness (QED) is 0.0261. The van der Waals surface area contributed by atoms with E-state index in [4.69, 9.17) is 9.47 Å². The average Bonchev–Trinajstić information content (AvgIpc) is 3.46. The first-order chi connectivity index (χ1) is 39.3. The summed E-state index contributed by atoms with van der Waals surface area (Å²) in [7, 11) is 0. The van der Waals surface area contributed by atoms with E-state index in [0.29, 0.717) is 6.42 Å². The third-order valence-corrected chi connectivity index (χ3v) is 17.6. The van der Waals surface area contributed by atoms with Crippen molar-refractivity contribution in [3.63, 3.8) is 0 Å². The van der Waals surface area contributed by atoms with E-state index in [0.717, 1.165) is 38.5 Å². The molecule has 0 aromatic carbocycles. The third-order valence-electron chi connectivity index (χ3n) is 17.6. The topological polar surface area (TPSA) is 149 Å². The summed E-state index contributed by atoms with van der Waals surface area (Å²) in [5.41, 5.74) is 0. The number of nitrogens with one attached hydrogen (secondary N) is 1. The second-order valence-electron chi connectivity index (χ2n) is 25.4. The van der Waals surface area contributed by atoms with Crippen LogP contribution in [0.1, 0.15) is 380 Å². The maximum Gasteiger partial charge on any atom is 0.220 e. The molecule has 6 N–H and O–H groups in total. The standard InChI is InChI=1S/C71H139NO8/c1-3-5-7-9-11-13-15-17-19-21-22-23-24-25-26-27-28-29-30-31-32-33-34-35-36-37-38-39-40-41-42-43-44-45-47-49-51-53-55-57-59-61-67(75)72-64(63-79-71-70(78)69(77)68(76)66(62-73)80-71)65(74)60-58-56-54-52-50-48-46-20-18-16-14-12-10-8-6-4-2/h58,60,64-66,68-71,73-74,76-78H,3-57,59,61-63H2,1-2H3,(H,72,75)/b60-58+. The molecule has 1 aliphatic rings. The second kappa shape index (κ2) is 61.0. The van der Waals surface area contributed by atoms with Crippen molar-refractivity contribution in [1.82, 2.24) is 5.32 Å². The molecule has 0 radical (unpaired) electrons. The molecule has 1 aliphatic heterocycles. The van der Waals surface area contributed by atoms with E-state index in [-0.39, 0.29) is 12.5 Å². The molecule has 1 heterocycles. The van der Waals surface area contributed by atoms with Gasteiger partial charge in [0.2, 0.25) is 5.91 Å². The normalized spacial score (nSPS) is 18.4. The van der Waals surface area contributed by atoms with E-state index >= 15 is 0 Å². The zero-order chi connectivity index (χ0) is 57.9. The Morgan fingerprint density at radius 3 is 0.975 bits per heavy atom. The largest absolute Gasteiger partial charge is 0.394 e. The predicted molar refractivity (Wildman–Crippen MR) is 341 cm³/mol.